The maximum atomic E-state index is 11.5. The maximum absolute atomic E-state index is 11.5. The fourth-order valence-corrected chi connectivity index (χ4v) is 2.43. The number of amides is 1. The number of hydrogen-bond acceptors (Lipinski definition) is 3. The van der Waals surface area contributed by atoms with Crippen LogP contribution >= 0.6 is 12.2 Å². The van der Waals surface area contributed by atoms with E-state index in [0.29, 0.717) is 23.4 Å². The lowest BCUT2D eigenvalue weighted by Crippen LogP contribution is -2.37. The van der Waals surface area contributed by atoms with E-state index < -0.39 is 5.60 Å². The minimum atomic E-state index is -0.437. The second kappa shape index (κ2) is 6.36. The molecule has 1 amide bonds. The molecule has 1 rings (SSSR count). The molecule has 0 heterocycles. The number of hydrogen-bond donors (Lipinski definition) is 2. The fraction of sp³-hybridized carbons (Fsp3) is 0.846. The molecule has 1 saturated carbocycles. The van der Waals surface area contributed by atoms with Crippen molar-refractivity contribution >= 4 is 23.3 Å². The first-order valence-electron chi connectivity index (χ1n) is 6.54. The molecule has 0 aromatic carbocycles. The van der Waals surface area contributed by atoms with Gasteiger partial charge in [-0.3, -0.25) is 0 Å². The molecule has 0 saturated heterocycles. The summed E-state index contributed by atoms with van der Waals surface area (Å²) < 4.78 is 5.20. The van der Waals surface area contributed by atoms with Crippen molar-refractivity contribution in [2.24, 2.45) is 17.6 Å². The molecule has 0 aromatic heterocycles. The van der Waals surface area contributed by atoms with Crippen LogP contribution in [0.15, 0.2) is 0 Å². The summed E-state index contributed by atoms with van der Waals surface area (Å²) in [5, 5.41) is 2.83. The van der Waals surface area contributed by atoms with Crippen molar-refractivity contribution in [2.45, 2.75) is 52.1 Å². The number of carbonyl (C=O) groups excluding carboxylic acids is 1. The van der Waals surface area contributed by atoms with Gasteiger partial charge in [-0.2, -0.15) is 0 Å². The first kappa shape index (κ1) is 15.2. The van der Waals surface area contributed by atoms with Gasteiger partial charge in [-0.1, -0.05) is 12.2 Å². The van der Waals surface area contributed by atoms with E-state index in [1.165, 1.54) is 0 Å². The third-order valence-electron chi connectivity index (χ3n) is 3.18. The summed E-state index contributed by atoms with van der Waals surface area (Å²) in [5.74, 6) is 0.904. The molecule has 104 valence electrons. The molecule has 0 aromatic rings. The van der Waals surface area contributed by atoms with Crippen LogP contribution in [-0.2, 0) is 4.74 Å². The molecule has 0 aliphatic heterocycles. The van der Waals surface area contributed by atoms with Crippen LogP contribution < -0.4 is 11.1 Å². The van der Waals surface area contributed by atoms with Gasteiger partial charge in [0.05, 0.1) is 4.99 Å². The second-order valence-corrected chi connectivity index (χ2v) is 6.47. The Morgan fingerprint density at radius 2 is 1.89 bits per heavy atom. The van der Waals surface area contributed by atoms with Crippen molar-refractivity contribution < 1.29 is 9.53 Å². The number of nitrogens with two attached hydrogens (primary N) is 1. The molecule has 1 aliphatic carbocycles. The number of ether oxygens (including phenoxy) is 1. The Morgan fingerprint density at radius 3 is 2.33 bits per heavy atom. The molecule has 0 bridgehead atoms. The largest absolute Gasteiger partial charge is 0.444 e. The predicted octanol–water partition coefficient (Wildman–Crippen LogP) is 2.60. The zero-order valence-electron chi connectivity index (χ0n) is 11.5. The molecule has 4 nitrogen and oxygen atoms in total. The highest BCUT2D eigenvalue weighted by Gasteiger charge is 2.24. The highest BCUT2D eigenvalue weighted by Crippen LogP contribution is 2.28. The monoisotopic (exact) mass is 272 g/mol. The Balaban J connectivity index is 2.22. The van der Waals surface area contributed by atoms with Crippen LogP contribution in [0.1, 0.15) is 46.5 Å². The topological polar surface area (TPSA) is 64.3 Å². The highest BCUT2D eigenvalue weighted by atomic mass is 32.1. The van der Waals surface area contributed by atoms with E-state index in [1.54, 1.807) is 0 Å². The standard InChI is InChI=1S/C13H24N2O2S/c1-13(2,3)17-12(16)15-8-9-4-6-10(7-5-9)11(14)18/h9-10H,4-8H2,1-3H3,(H2,14,18)(H,15,16). The van der Waals surface area contributed by atoms with Crippen molar-refractivity contribution in [3.63, 3.8) is 0 Å². The number of rotatable bonds is 3. The molecule has 1 aliphatic rings. The van der Waals surface area contributed by atoms with E-state index in [-0.39, 0.29) is 6.09 Å². The Labute approximate surface area is 115 Å². The molecule has 0 radical (unpaired) electrons. The Kier molecular flexibility index (Phi) is 5.38. The first-order chi connectivity index (χ1) is 8.28. The van der Waals surface area contributed by atoms with E-state index in [9.17, 15) is 4.79 Å². The van der Waals surface area contributed by atoms with Gasteiger partial charge in [0.2, 0.25) is 0 Å². The summed E-state index contributed by atoms with van der Waals surface area (Å²) >= 11 is 5.01. The quantitative estimate of drug-likeness (QED) is 0.775. The third kappa shape index (κ3) is 5.67. The molecule has 3 N–H and O–H groups in total. The average molecular weight is 272 g/mol. The zero-order chi connectivity index (χ0) is 13.8. The van der Waals surface area contributed by atoms with E-state index in [2.05, 4.69) is 5.32 Å². The number of carbonyl (C=O) groups is 1. The van der Waals surface area contributed by atoms with Crippen molar-refractivity contribution in [2.75, 3.05) is 6.54 Å². The fourth-order valence-electron chi connectivity index (χ4n) is 2.19. The van der Waals surface area contributed by atoms with E-state index in [0.717, 1.165) is 25.7 Å². The van der Waals surface area contributed by atoms with Crippen molar-refractivity contribution in [3.8, 4) is 0 Å². The van der Waals surface area contributed by atoms with Gasteiger partial charge in [-0.25, -0.2) is 4.79 Å². The van der Waals surface area contributed by atoms with Gasteiger partial charge in [-0.05, 0) is 52.4 Å². The number of nitrogens with one attached hydrogen (secondary N) is 1. The molecule has 1 fully saturated rings. The van der Waals surface area contributed by atoms with Gasteiger partial charge in [0.1, 0.15) is 5.60 Å². The van der Waals surface area contributed by atoms with Gasteiger partial charge in [0.15, 0.2) is 0 Å². The van der Waals surface area contributed by atoms with Gasteiger partial charge < -0.3 is 15.8 Å². The Morgan fingerprint density at radius 1 is 1.33 bits per heavy atom. The van der Waals surface area contributed by atoms with Crippen LogP contribution in [-0.4, -0.2) is 23.2 Å². The van der Waals surface area contributed by atoms with E-state index >= 15 is 0 Å². The smallest absolute Gasteiger partial charge is 0.407 e. The summed E-state index contributed by atoms with van der Waals surface area (Å²) in [7, 11) is 0. The summed E-state index contributed by atoms with van der Waals surface area (Å²) in [6.45, 7) is 6.26. The predicted molar refractivity (Wildman–Crippen MR) is 76.5 cm³/mol. The van der Waals surface area contributed by atoms with Crippen molar-refractivity contribution in [3.05, 3.63) is 0 Å². The van der Waals surface area contributed by atoms with Gasteiger partial charge in [0.25, 0.3) is 0 Å². The third-order valence-corrected chi connectivity index (χ3v) is 3.52. The van der Waals surface area contributed by atoms with Gasteiger partial charge in [0, 0.05) is 12.5 Å². The Hall–Kier alpha value is -0.840. The number of alkyl carbamates (subject to hydrolysis) is 1. The average Bonchev–Trinajstić information content (AvgIpc) is 2.24. The lowest BCUT2D eigenvalue weighted by atomic mass is 9.82. The lowest BCUT2D eigenvalue weighted by Gasteiger charge is -2.28. The van der Waals surface area contributed by atoms with Crippen LogP contribution in [0.5, 0.6) is 0 Å². The summed E-state index contributed by atoms with van der Waals surface area (Å²) in [5.41, 5.74) is 5.21. The van der Waals surface area contributed by atoms with Gasteiger partial charge >= 0.3 is 6.09 Å². The van der Waals surface area contributed by atoms with Crippen LogP contribution in [0.3, 0.4) is 0 Å². The summed E-state index contributed by atoms with van der Waals surface area (Å²) in [6.07, 6.45) is 3.88. The molecule has 0 atom stereocenters. The molecule has 18 heavy (non-hydrogen) atoms. The molecular formula is C13H24N2O2S. The molecule has 5 heteroatoms. The van der Waals surface area contributed by atoms with Crippen LogP contribution in [0.4, 0.5) is 4.79 Å². The lowest BCUT2D eigenvalue weighted by molar-refractivity contribution is 0.0514. The molecular weight excluding hydrogens is 248 g/mol. The molecule has 0 spiro atoms. The normalized spacial score (nSPS) is 24.4. The van der Waals surface area contributed by atoms with Crippen molar-refractivity contribution in [1.29, 1.82) is 0 Å². The summed E-state index contributed by atoms with van der Waals surface area (Å²) in [4.78, 5) is 12.1. The molecule has 0 unspecified atom stereocenters. The van der Waals surface area contributed by atoms with E-state index in [4.69, 9.17) is 22.7 Å². The zero-order valence-corrected chi connectivity index (χ0v) is 12.3. The van der Waals surface area contributed by atoms with Crippen LogP contribution in [0.25, 0.3) is 0 Å². The minimum absolute atomic E-state index is 0.334. The highest BCUT2D eigenvalue weighted by molar-refractivity contribution is 7.80. The summed E-state index contributed by atoms with van der Waals surface area (Å²) in [6, 6.07) is 0. The van der Waals surface area contributed by atoms with Crippen LogP contribution in [0, 0.1) is 11.8 Å². The van der Waals surface area contributed by atoms with Crippen molar-refractivity contribution in [1.82, 2.24) is 5.32 Å². The van der Waals surface area contributed by atoms with Crippen LogP contribution in [0.2, 0.25) is 0 Å². The maximum Gasteiger partial charge on any atom is 0.407 e. The second-order valence-electron chi connectivity index (χ2n) is 6.00. The first-order valence-corrected chi connectivity index (χ1v) is 6.95. The van der Waals surface area contributed by atoms with E-state index in [1.807, 2.05) is 20.8 Å². The van der Waals surface area contributed by atoms with Gasteiger partial charge in [-0.15, -0.1) is 0 Å². The number of thiocarbonyl (C=S) groups is 1. The Bertz CT molecular complexity index is 305. The SMILES string of the molecule is CC(C)(C)OC(=O)NCC1CCC(C(N)=S)CC1. The minimum Gasteiger partial charge on any atom is -0.444 e.